The van der Waals surface area contributed by atoms with E-state index in [4.69, 9.17) is 9.97 Å². The molecule has 0 aliphatic rings. The van der Waals surface area contributed by atoms with Crippen LogP contribution in [-0.2, 0) is 4.79 Å². The Kier molecular flexibility index (Phi) is 6.67. The van der Waals surface area contributed by atoms with E-state index in [0.717, 1.165) is 27.2 Å². The van der Waals surface area contributed by atoms with Gasteiger partial charge in [0.2, 0.25) is 5.91 Å². The lowest BCUT2D eigenvalue weighted by molar-refractivity contribution is -0.116. The Labute approximate surface area is 190 Å². The molecule has 8 nitrogen and oxygen atoms in total. The van der Waals surface area contributed by atoms with Gasteiger partial charge in [0, 0.05) is 40.7 Å². The van der Waals surface area contributed by atoms with Crippen molar-refractivity contribution in [3.63, 3.8) is 0 Å². The Hall–Kier alpha value is -3.43. The Balaban J connectivity index is 1.50. The van der Waals surface area contributed by atoms with E-state index in [2.05, 4.69) is 20.8 Å². The molecule has 0 bridgehead atoms. The molecule has 164 valence electrons. The average Bonchev–Trinajstić information content (AvgIpc) is 3.18. The summed E-state index contributed by atoms with van der Waals surface area (Å²) in [5.41, 5.74) is 2.59. The number of anilines is 3. The van der Waals surface area contributed by atoms with Gasteiger partial charge in [0.25, 0.3) is 0 Å². The standard InChI is InChI=1S/C23H25N7OS/c1-15-14-20(29-28-15)26-22-18-6-4-5-7-19(18)25-23(27-22)32-17-10-8-16(9-11-17)24-21(31)12-13-30(2)3/h4-11,14H,12-13H2,1-3H3,(H,24,31)(H2,25,26,27,28,29). The summed E-state index contributed by atoms with van der Waals surface area (Å²) in [6.45, 7) is 2.67. The Morgan fingerprint density at radius 3 is 2.59 bits per heavy atom. The van der Waals surface area contributed by atoms with E-state index in [9.17, 15) is 4.79 Å². The summed E-state index contributed by atoms with van der Waals surface area (Å²) in [6.07, 6.45) is 0.458. The second-order valence-electron chi connectivity index (χ2n) is 7.66. The van der Waals surface area contributed by atoms with E-state index in [1.807, 2.05) is 80.5 Å². The number of amides is 1. The van der Waals surface area contributed by atoms with Crippen LogP contribution in [0.3, 0.4) is 0 Å². The number of para-hydroxylation sites is 1. The summed E-state index contributed by atoms with van der Waals surface area (Å²) in [7, 11) is 3.90. The first kappa shape index (κ1) is 21.8. The van der Waals surface area contributed by atoms with Crippen LogP contribution in [0.4, 0.5) is 17.3 Å². The average molecular weight is 448 g/mol. The number of hydrogen-bond donors (Lipinski definition) is 3. The molecule has 2 aromatic heterocycles. The minimum atomic E-state index is 0.00119. The van der Waals surface area contributed by atoms with E-state index in [-0.39, 0.29) is 5.91 Å². The molecule has 0 atom stereocenters. The highest BCUT2D eigenvalue weighted by molar-refractivity contribution is 7.99. The first-order chi connectivity index (χ1) is 15.5. The van der Waals surface area contributed by atoms with Gasteiger partial charge in [-0.1, -0.05) is 12.1 Å². The number of nitrogens with one attached hydrogen (secondary N) is 3. The zero-order valence-electron chi connectivity index (χ0n) is 18.2. The van der Waals surface area contributed by atoms with Crippen molar-refractivity contribution in [2.24, 2.45) is 0 Å². The van der Waals surface area contributed by atoms with Crippen molar-refractivity contribution < 1.29 is 4.79 Å². The molecule has 0 aliphatic heterocycles. The van der Waals surface area contributed by atoms with Crippen molar-refractivity contribution >= 4 is 45.9 Å². The number of carbonyl (C=O) groups excluding carboxylic acids is 1. The molecule has 0 radical (unpaired) electrons. The molecule has 4 rings (SSSR count). The van der Waals surface area contributed by atoms with Crippen LogP contribution in [0.25, 0.3) is 10.9 Å². The first-order valence-electron chi connectivity index (χ1n) is 10.2. The molecule has 0 unspecified atom stereocenters. The number of aryl methyl sites for hydroxylation is 1. The van der Waals surface area contributed by atoms with Crippen molar-refractivity contribution in [3.05, 3.63) is 60.3 Å². The van der Waals surface area contributed by atoms with Crippen LogP contribution in [0.15, 0.2) is 64.6 Å². The van der Waals surface area contributed by atoms with E-state index in [0.29, 0.717) is 29.8 Å². The molecule has 0 saturated carbocycles. The van der Waals surface area contributed by atoms with Crippen LogP contribution in [0, 0.1) is 6.92 Å². The second-order valence-corrected chi connectivity index (χ2v) is 8.70. The lowest BCUT2D eigenvalue weighted by Gasteiger charge is -2.10. The Morgan fingerprint density at radius 2 is 1.88 bits per heavy atom. The van der Waals surface area contributed by atoms with E-state index in [1.165, 1.54) is 11.8 Å². The van der Waals surface area contributed by atoms with E-state index < -0.39 is 0 Å². The number of aromatic amines is 1. The molecule has 2 aromatic carbocycles. The number of aromatic nitrogens is 4. The molecule has 9 heteroatoms. The molecule has 32 heavy (non-hydrogen) atoms. The summed E-state index contributed by atoms with van der Waals surface area (Å²) in [5, 5.41) is 14.9. The molecule has 2 heterocycles. The number of fused-ring (bicyclic) bond motifs is 1. The number of rotatable bonds is 8. The highest BCUT2D eigenvalue weighted by Crippen LogP contribution is 2.31. The maximum Gasteiger partial charge on any atom is 0.225 e. The number of carbonyl (C=O) groups is 1. The number of nitrogens with zero attached hydrogens (tertiary/aromatic N) is 4. The third-order valence-corrected chi connectivity index (χ3v) is 5.54. The van der Waals surface area contributed by atoms with Gasteiger partial charge in [-0.05, 0) is 69.2 Å². The van der Waals surface area contributed by atoms with Crippen molar-refractivity contribution in [1.82, 2.24) is 25.1 Å². The second kappa shape index (κ2) is 9.80. The molecule has 0 spiro atoms. The van der Waals surface area contributed by atoms with Gasteiger partial charge in [-0.25, -0.2) is 9.97 Å². The maximum absolute atomic E-state index is 12.0. The van der Waals surface area contributed by atoms with Crippen LogP contribution in [0.2, 0.25) is 0 Å². The molecular weight excluding hydrogens is 422 g/mol. The third-order valence-electron chi connectivity index (χ3n) is 4.67. The van der Waals surface area contributed by atoms with Crippen LogP contribution in [0.5, 0.6) is 0 Å². The lowest BCUT2D eigenvalue weighted by Crippen LogP contribution is -2.20. The summed E-state index contributed by atoms with van der Waals surface area (Å²) in [4.78, 5) is 24.4. The number of hydrogen-bond acceptors (Lipinski definition) is 7. The fourth-order valence-corrected chi connectivity index (χ4v) is 3.82. The highest BCUT2D eigenvalue weighted by atomic mass is 32.2. The van der Waals surface area contributed by atoms with Gasteiger partial charge < -0.3 is 15.5 Å². The summed E-state index contributed by atoms with van der Waals surface area (Å²) >= 11 is 1.46. The zero-order chi connectivity index (χ0) is 22.5. The maximum atomic E-state index is 12.0. The first-order valence-corrected chi connectivity index (χ1v) is 11.1. The summed E-state index contributed by atoms with van der Waals surface area (Å²) in [6, 6.07) is 17.5. The van der Waals surface area contributed by atoms with Gasteiger partial charge in [0.05, 0.1) is 5.52 Å². The summed E-state index contributed by atoms with van der Waals surface area (Å²) < 4.78 is 0. The van der Waals surface area contributed by atoms with Crippen LogP contribution < -0.4 is 10.6 Å². The molecular formula is C23H25N7OS. The van der Waals surface area contributed by atoms with Gasteiger partial charge >= 0.3 is 0 Å². The SMILES string of the molecule is Cc1cc(Nc2nc(Sc3ccc(NC(=O)CCN(C)C)cc3)nc3ccccc23)n[nH]1. The van der Waals surface area contributed by atoms with Crippen LogP contribution in [-0.4, -0.2) is 51.6 Å². The van der Waals surface area contributed by atoms with Crippen molar-refractivity contribution in [3.8, 4) is 0 Å². The quantitative estimate of drug-likeness (QED) is 0.343. The van der Waals surface area contributed by atoms with Gasteiger partial charge in [-0.2, -0.15) is 5.10 Å². The zero-order valence-corrected chi connectivity index (χ0v) is 19.0. The topological polar surface area (TPSA) is 98.8 Å². The van der Waals surface area contributed by atoms with Crippen LogP contribution in [0.1, 0.15) is 12.1 Å². The molecule has 1 amide bonds. The molecule has 0 aliphatic carbocycles. The molecule has 4 aromatic rings. The largest absolute Gasteiger partial charge is 0.326 e. The normalized spacial score (nSPS) is 11.1. The van der Waals surface area contributed by atoms with Crippen molar-refractivity contribution in [2.75, 3.05) is 31.3 Å². The van der Waals surface area contributed by atoms with Gasteiger partial charge in [-0.3, -0.25) is 9.89 Å². The highest BCUT2D eigenvalue weighted by Gasteiger charge is 2.11. The smallest absolute Gasteiger partial charge is 0.225 e. The predicted octanol–water partition coefficient (Wildman–Crippen LogP) is 4.45. The molecule has 0 saturated heterocycles. The minimum Gasteiger partial charge on any atom is -0.326 e. The lowest BCUT2D eigenvalue weighted by atomic mass is 10.2. The molecule has 3 N–H and O–H groups in total. The molecule has 0 fully saturated rings. The fraction of sp³-hybridized carbons (Fsp3) is 0.217. The number of benzene rings is 2. The van der Waals surface area contributed by atoms with Crippen LogP contribution >= 0.6 is 11.8 Å². The third kappa shape index (κ3) is 5.63. The van der Waals surface area contributed by atoms with Crippen molar-refractivity contribution in [1.29, 1.82) is 0 Å². The van der Waals surface area contributed by atoms with Gasteiger partial charge in [0.15, 0.2) is 11.0 Å². The minimum absolute atomic E-state index is 0.00119. The Bertz CT molecular complexity index is 1220. The Morgan fingerprint density at radius 1 is 1.09 bits per heavy atom. The van der Waals surface area contributed by atoms with E-state index in [1.54, 1.807) is 0 Å². The monoisotopic (exact) mass is 447 g/mol. The van der Waals surface area contributed by atoms with E-state index >= 15 is 0 Å². The van der Waals surface area contributed by atoms with Gasteiger partial charge in [-0.15, -0.1) is 0 Å². The van der Waals surface area contributed by atoms with Crippen molar-refractivity contribution in [2.45, 2.75) is 23.4 Å². The van der Waals surface area contributed by atoms with Gasteiger partial charge in [0.1, 0.15) is 5.82 Å². The predicted molar refractivity (Wildman–Crippen MR) is 129 cm³/mol. The fourth-order valence-electron chi connectivity index (χ4n) is 3.06. The summed E-state index contributed by atoms with van der Waals surface area (Å²) in [5.74, 6) is 1.41. The number of H-pyrrole nitrogens is 1.